The van der Waals surface area contributed by atoms with E-state index in [9.17, 15) is 14.2 Å². The molecule has 5 N–H and O–H groups in total. The van der Waals surface area contributed by atoms with Gasteiger partial charge in [-0.15, -0.1) is 0 Å². The van der Waals surface area contributed by atoms with E-state index in [2.05, 4.69) is 9.94 Å². The second-order valence-corrected chi connectivity index (χ2v) is 6.69. The summed E-state index contributed by atoms with van der Waals surface area (Å²) in [5.74, 6) is -1.26. The van der Waals surface area contributed by atoms with E-state index >= 15 is 0 Å². The lowest BCUT2D eigenvalue weighted by molar-refractivity contribution is -0.134. The van der Waals surface area contributed by atoms with Crippen molar-refractivity contribution in [2.75, 3.05) is 6.66 Å². The number of carbonyl (C=O) groups excluding carboxylic acids is 2. The SMILES string of the molecule is C[C@H](N)C(=O)N[C@@H](Cc1ccccc1)C(=O)NOP(C)(=O)O. The lowest BCUT2D eigenvalue weighted by Gasteiger charge is -2.19. The first-order valence-corrected chi connectivity index (χ1v) is 8.60. The van der Waals surface area contributed by atoms with E-state index in [1.807, 2.05) is 11.5 Å². The summed E-state index contributed by atoms with van der Waals surface area (Å²) in [7, 11) is -3.86. The molecule has 9 heteroatoms. The van der Waals surface area contributed by atoms with Crippen LogP contribution in [0, 0.1) is 0 Å². The zero-order valence-corrected chi connectivity index (χ0v) is 13.2. The maximum atomic E-state index is 12.0. The predicted octanol–water partition coefficient (Wildman–Crippen LogP) is -0.0759. The summed E-state index contributed by atoms with van der Waals surface area (Å²) in [5, 5.41) is 2.47. The molecular formula is C13H20N3O5P. The van der Waals surface area contributed by atoms with Gasteiger partial charge in [0, 0.05) is 13.1 Å². The number of amides is 2. The molecule has 0 aliphatic carbocycles. The molecule has 0 saturated heterocycles. The van der Waals surface area contributed by atoms with Crippen molar-refractivity contribution in [2.45, 2.75) is 25.4 Å². The molecule has 0 aliphatic heterocycles. The Morgan fingerprint density at radius 2 is 1.91 bits per heavy atom. The summed E-state index contributed by atoms with van der Waals surface area (Å²) in [4.78, 5) is 32.7. The molecule has 1 aromatic carbocycles. The largest absolute Gasteiger partial charge is 0.346 e. The number of hydrogen-bond acceptors (Lipinski definition) is 5. The Morgan fingerprint density at radius 1 is 1.32 bits per heavy atom. The lowest BCUT2D eigenvalue weighted by atomic mass is 10.1. The molecule has 0 aromatic heterocycles. The van der Waals surface area contributed by atoms with Crippen LogP contribution >= 0.6 is 7.60 Å². The van der Waals surface area contributed by atoms with E-state index in [4.69, 9.17) is 10.6 Å². The standard InChI is InChI=1S/C13H20N3O5P/c1-9(14)12(17)15-11(8-10-6-4-3-5-7-10)13(18)16-21-22(2,19)20/h3-7,9,11H,8,14H2,1-2H3,(H,15,17)(H,16,18)(H,19,20)/t9-,11-/m0/s1. The first-order chi connectivity index (χ1) is 10.2. The van der Waals surface area contributed by atoms with Crippen LogP contribution in [0.15, 0.2) is 30.3 Å². The first kappa shape index (κ1) is 18.3. The van der Waals surface area contributed by atoms with Crippen LogP contribution in [0.5, 0.6) is 0 Å². The molecule has 0 spiro atoms. The van der Waals surface area contributed by atoms with Gasteiger partial charge in [0.25, 0.3) is 5.91 Å². The van der Waals surface area contributed by atoms with Crippen molar-refractivity contribution in [1.29, 1.82) is 0 Å². The Labute approximate surface area is 128 Å². The number of rotatable bonds is 7. The number of nitrogens with one attached hydrogen (secondary N) is 2. The molecule has 0 bridgehead atoms. The zero-order chi connectivity index (χ0) is 16.8. The van der Waals surface area contributed by atoms with Crippen LogP contribution < -0.4 is 16.5 Å². The minimum absolute atomic E-state index is 0.188. The van der Waals surface area contributed by atoms with E-state index in [0.717, 1.165) is 12.2 Å². The summed E-state index contributed by atoms with van der Waals surface area (Å²) < 4.78 is 15.4. The summed E-state index contributed by atoms with van der Waals surface area (Å²) in [6.45, 7) is 2.41. The fourth-order valence-corrected chi connectivity index (χ4v) is 1.82. The molecule has 0 saturated carbocycles. The van der Waals surface area contributed by atoms with Gasteiger partial charge in [0.1, 0.15) is 6.04 Å². The molecule has 1 unspecified atom stereocenters. The van der Waals surface area contributed by atoms with Crippen LogP contribution in [0.1, 0.15) is 12.5 Å². The number of benzene rings is 1. The molecule has 1 rings (SSSR count). The van der Waals surface area contributed by atoms with E-state index < -0.39 is 31.5 Å². The second kappa shape index (κ2) is 8.05. The highest BCUT2D eigenvalue weighted by atomic mass is 31.2. The summed E-state index contributed by atoms with van der Waals surface area (Å²) in [6, 6.07) is 7.21. The topological polar surface area (TPSA) is 131 Å². The van der Waals surface area contributed by atoms with E-state index in [1.54, 1.807) is 24.3 Å². The molecule has 0 radical (unpaired) electrons. The number of nitrogens with two attached hydrogens (primary N) is 1. The van der Waals surface area contributed by atoms with Crippen molar-refractivity contribution in [2.24, 2.45) is 5.73 Å². The van der Waals surface area contributed by atoms with Gasteiger partial charge in [-0.25, -0.2) is 5.48 Å². The Kier molecular flexibility index (Phi) is 6.70. The van der Waals surface area contributed by atoms with Crippen molar-refractivity contribution in [3.8, 4) is 0 Å². The molecule has 8 nitrogen and oxygen atoms in total. The van der Waals surface area contributed by atoms with Gasteiger partial charge in [0.05, 0.1) is 6.04 Å². The van der Waals surface area contributed by atoms with Crippen LogP contribution in [0.2, 0.25) is 0 Å². The maximum absolute atomic E-state index is 12.0. The fraction of sp³-hybridized carbons (Fsp3) is 0.385. The quantitative estimate of drug-likeness (QED) is 0.409. The summed E-state index contributed by atoms with van der Waals surface area (Å²) in [5.41, 5.74) is 8.14. The number of hydrogen-bond donors (Lipinski definition) is 4. The summed E-state index contributed by atoms with van der Waals surface area (Å²) in [6.07, 6.45) is 0.188. The Bertz CT molecular complexity index is 558. The van der Waals surface area contributed by atoms with Crippen LogP contribution in [0.3, 0.4) is 0 Å². The number of carbonyl (C=O) groups is 2. The smallest absolute Gasteiger partial charge is 0.343 e. The highest BCUT2D eigenvalue weighted by molar-refractivity contribution is 7.51. The van der Waals surface area contributed by atoms with Crippen molar-refractivity contribution in [3.63, 3.8) is 0 Å². The average molecular weight is 329 g/mol. The maximum Gasteiger partial charge on any atom is 0.346 e. The van der Waals surface area contributed by atoms with Gasteiger partial charge in [-0.1, -0.05) is 30.3 Å². The molecule has 0 aliphatic rings. The fourth-order valence-electron chi connectivity index (χ4n) is 1.56. The van der Waals surface area contributed by atoms with Crippen LogP contribution in [-0.2, 0) is 25.2 Å². The van der Waals surface area contributed by atoms with Gasteiger partial charge in [-0.05, 0) is 12.5 Å². The van der Waals surface area contributed by atoms with Crippen LogP contribution in [0.4, 0.5) is 0 Å². The molecule has 22 heavy (non-hydrogen) atoms. The average Bonchev–Trinajstić information content (AvgIpc) is 2.44. The molecule has 0 fully saturated rings. The third-order valence-electron chi connectivity index (χ3n) is 2.64. The normalized spacial score (nSPS) is 16.2. The van der Waals surface area contributed by atoms with E-state index in [1.165, 1.54) is 6.92 Å². The molecule has 3 atom stereocenters. The van der Waals surface area contributed by atoms with E-state index in [-0.39, 0.29) is 6.42 Å². The molecule has 2 amide bonds. The van der Waals surface area contributed by atoms with Gasteiger partial charge >= 0.3 is 7.60 Å². The minimum Gasteiger partial charge on any atom is -0.343 e. The van der Waals surface area contributed by atoms with Gasteiger partial charge in [0.2, 0.25) is 5.91 Å². The van der Waals surface area contributed by atoms with Crippen molar-refractivity contribution in [3.05, 3.63) is 35.9 Å². The molecule has 122 valence electrons. The van der Waals surface area contributed by atoms with Gasteiger partial charge in [0.15, 0.2) is 0 Å². The monoisotopic (exact) mass is 329 g/mol. The van der Waals surface area contributed by atoms with Crippen LogP contribution in [-0.4, -0.2) is 35.5 Å². The molecule has 0 heterocycles. The number of hydroxylamine groups is 1. The van der Waals surface area contributed by atoms with Crippen molar-refractivity contribution in [1.82, 2.24) is 10.8 Å². The third kappa shape index (κ3) is 6.82. The highest BCUT2D eigenvalue weighted by Crippen LogP contribution is 2.34. The van der Waals surface area contributed by atoms with E-state index in [0.29, 0.717) is 0 Å². The zero-order valence-electron chi connectivity index (χ0n) is 12.4. The highest BCUT2D eigenvalue weighted by Gasteiger charge is 2.24. The summed E-state index contributed by atoms with van der Waals surface area (Å²) >= 11 is 0. The predicted molar refractivity (Wildman–Crippen MR) is 80.7 cm³/mol. The van der Waals surface area contributed by atoms with Crippen molar-refractivity contribution >= 4 is 19.4 Å². The second-order valence-electron chi connectivity index (χ2n) is 4.90. The lowest BCUT2D eigenvalue weighted by Crippen LogP contribution is -2.51. The Hall–Kier alpha value is -1.73. The van der Waals surface area contributed by atoms with Gasteiger partial charge < -0.3 is 15.9 Å². The van der Waals surface area contributed by atoms with Gasteiger partial charge in [-0.2, -0.15) is 4.62 Å². The first-order valence-electron chi connectivity index (χ1n) is 6.57. The molecular weight excluding hydrogens is 309 g/mol. The van der Waals surface area contributed by atoms with Crippen LogP contribution in [0.25, 0.3) is 0 Å². The van der Waals surface area contributed by atoms with Gasteiger partial charge in [-0.3, -0.25) is 14.2 Å². The minimum atomic E-state index is -3.86. The van der Waals surface area contributed by atoms with Crippen molar-refractivity contribution < 1.29 is 23.7 Å². The third-order valence-corrected chi connectivity index (χ3v) is 3.07. The Morgan fingerprint density at radius 3 is 2.41 bits per heavy atom. The molecule has 1 aromatic rings. The Balaban J connectivity index is 2.79.